The van der Waals surface area contributed by atoms with E-state index < -0.39 is 10.6 Å². The van der Waals surface area contributed by atoms with Gasteiger partial charge in [0.1, 0.15) is 0 Å². The number of nitro groups is 1. The van der Waals surface area contributed by atoms with Gasteiger partial charge in [-0.15, -0.1) is 0 Å². The van der Waals surface area contributed by atoms with Crippen LogP contribution in [0.2, 0.25) is 0 Å². The Morgan fingerprint density at radius 2 is 2.00 bits per heavy atom. The molecule has 0 spiro atoms. The molecule has 0 aliphatic rings. The fourth-order valence-electron chi connectivity index (χ4n) is 1.96. The second-order valence-corrected chi connectivity index (χ2v) is 5.14. The first kappa shape index (κ1) is 14.4. The van der Waals surface area contributed by atoms with Gasteiger partial charge < -0.3 is 0 Å². The maximum absolute atomic E-state index is 12.0. The van der Waals surface area contributed by atoms with Crippen LogP contribution >= 0.6 is 15.9 Å². The molecule has 1 aromatic carbocycles. The first-order valence-electron chi connectivity index (χ1n) is 5.87. The Kier molecular flexibility index (Phi) is 3.99. The lowest BCUT2D eigenvalue weighted by Crippen LogP contribution is -2.27. The predicted octanol–water partition coefficient (Wildman–Crippen LogP) is 2.58. The summed E-state index contributed by atoms with van der Waals surface area (Å²) >= 11 is 3.37. The molecular formula is C13H12BrN3O3. The van der Waals surface area contributed by atoms with Crippen molar-refractivity contribution in [1.29, 1.82) is 0 Å². The molecule has 0 unspecified atom stereocenters. The van der Waals surface area contributed by atoms with Crippen molar-refractivity contribution in [2.75, 3.05) is 0 Å². The number of hydrogen-bond acceptors (Lipinski definition) is 4. The first-order chi connectivity index (χ1) is 9.41. The van der Waals surface area contributed by atoms with Crippen LogP contribution in [0.4, 0.5) is 5.69 Å². The molecule has 0 saturated carbocycles. The highest BCUT2D eigenvalue weighted by molar-refractivity contribution is 9.10. The summed E-state index contributed by atoms with van der Waals surface area (Å²) in [7, 11) is 0. The highest BCUT2D eigenvalue weighted by Crippen LogP contribution is 2.21. The summed E-state index contributed by atoms with van der Waals surface area (Å²) in [5.41, 5.74) is 1.35. The van der Waals surface area contributed by atoms with Gasteiger partial charge >= 0.3 is 5.69 Å². The van der Waals surface area contributed by atoms with Crippen molar-refractivity contribution in [2.24, 2.45) is 0 Å². The standard InChI is InChI=1S/C13H12BrN3O3/c1-8-12(14)9(2)16(13(18)15-8)7-10-5-3-4-6-11(10)17(19)20/h3-6H,7H2,1-2H3. The lowest BCUT2D eigenvalue weighted by Gasteiger charge is -2.12. The van der Waals surface area contributed by atoms with Gasteiger partial charge in [0, 0.05) is 17.3 Å². The normalized spacial score (nSPS) is 10.6. The lowest BCUT2D eigenvalue weighted by molar-refractivity contribution is -0.385. The zero-order valence-electron chi connectivity index (χ0n) is 11.0. The summed E-state index contributed by atoms with van der Waals surface area (Å²) < 4.78 is 2.15. The van der Waals surface area contributed by atoms with Gasteiger partial charge in [-0.2, -0.15) is 4.98 Å². The fourth-order valence-corrected chi connectivity index (χ4v) is 2.26. The Morgan fingerprint density at radius 3 is 2.65 bits per heavy atom. The molecule has 0 aliphatic carbocycles. The molecule has 0 bridgehead atoms. The van der Waals surface area contributed by atoms with E-state index in [1.807, 2.05) is 0 Å². The molecule has 2 rings (SSSR count). The minimum atomic E-state index is -0.452. The molecule has 1 aromatic heterocycles. The van der Waals surface area contributed by atoms with E-state index in [4.69, 9.17) is 0 Å². The molecule has 6 nitrogen and oxygen atoms in total. The Bertz CT molecular complexity index is 740. The molecule has 0 N–H and O–H groups in total. The van der Waals surface area contributed by atoms with E-state index in [9.17, 15) is 14.9 Å². The molecule has 7 heteroatoms. The van der Waals surface area contributed by atoms with Gasteiger partial charge in [0.25, 0.3) is 5.69 Å². The lowest BCUT2D eigenvalue weighted by atomic mass is 10.1. The molecule has 20 heavy (non-hydrogen) atoms. The van der Waals surface area contributed by atoms with E-state index >= 15 is 0 Å². The van der Waals surface area contributed by atoms with Crippen molar-refractivity contribution in [3.63, 3.8) is 0 Å². The van der Waals surface area contributed by atoms with Gasteiger partial charge in [0.2, 0.25) is 0 Å². The second kappa shape index (κ2) is 5.54. The summed E-state index contributed by atoms with van der Waals surface area (Å²) in [4.78, 5) is 26.4. The van der Waals surface area contributed by atoms with Crippen LogP contribution in [0.1, 0.15) is 17.0 Å². The molecule has 0 atom stereocenters. The largest absolute Gasteiger partial charge is 0.348 e. The molecule has 0 amide bonds. The molecular weight excluding hydrogens is 326 g/mol. The highest BCUT2D eigenvalue weighted by atomic mass is 79.9. The van der Waals surface area contributed by atoms with E-state index in [1.54, 1.807) is 32.0 Å². The third-order valence-corrected chi connectivity index (χ3v) is 4.20. The van der Waals surface area contributed by atoms with E-state index in [1.165, 1.54) is 10.6 Å². The summed E-state index contributed by atoms with van der Waals surface area (Å²) in [6.07, 6.45) is 0. The highest BCUT2D eigenvalue weighted by Gasteiger charge is 2.16. The number of para-hydroxylation sites is 1. The van der Waals surface area contributed by atoms with Gasteiger partial charge in [-0.3, -0.25) is 14.7 Å². The van der Waals surface area contributed by atoms with Crippen LogP contribution in [-0.4, -0.2) is 14.5 Å². The van der Waals surface area contributed by atoms with Crippen LogP contribution in [0.25, 0.3) is 0 Å². The zero-order valence-corrected chi connectivity index (χ0v) is 12.5. The topological polar surface area (TPSA) is 78.0 Å². The van der Waals surface area contributed by atoms with E-state index in [0.717, 1.165) is 4.47 Å². The molecule has 2 aromatic rings. The predicted molar refractivity (Wildman–Crippen MR) is 77.9 cm³/mol. The van der Waals surface area contributed by atoms with Crippen molar-refractivity contribution in [2.45, 2.75) is 20.4 Å². The molecule has 0 aliphatic heterocycles. The van der Waals surface area contributed by atoms with E-state index in [-0.39, 0.29) is 12.2 Å². The van der Waals surface area contributed by atoms with Gasteiger partial charge in [-0.1, -0.05) is 18.2 Å². The third kappa shape index (κ3) is 2.62. The maximum Gasteiger partial charge on any atom is 0.348 e. The number of benzene rings is 1. The number of halogens is 1. The van der Waals surface area contributed by atoms with Crippen molar-refractivity contribution in [3.8, 4) is 0 Å². The monoisotopic (exact) mass is 337 g/mol. The average Bonchev–Trinajstić information content (AvgIpc) is 2.41. The number of aryl methyl sites for hydroxylation is 1. The molecule has 104 valence electrons. The van der Waals surface area contributed by atoms with Gasteiger partial charge in [0.15, 0.2) is 0 Å². The number of nitro benzene ring substituents is 1. The number of aromatic nitrogens is 2. The number of rotatable bonds is 3. The van der Waals surface area contributed by atoms with Crippen LogP contribution in [0.3, 0.4) is 0 Å². The van der Waals surface area contributed by atoms with Crippen LogP contribution in [0, 0.1) is 24.0 Å². The van der Waals surface area contributed by atoms with E-state index in [0.29, 0.717) is 17.0 Å². The summed E-state index contributed by atoms with van der Waals surface area (Å²) in [5, 5.41) is 11.0. The zero-order chi connectivity index (χ0) is 14.9. The Balaban J connectivity index is 2.54. The molecule has 1 heterocycles. The Hall–Kier alpha value is -2.02. The summed E-state index contributed by atoms with van der Waals surface area (Å²) in [6.45, 7) is 3.62. The van der Waals surface area contributed by atoms with Crippen LogP contribution in [0.5, 0.6) is 0 Å². The molecule has 0 radical (unpaired) electrons. The number of nitrogens with zero attached hydrogens (tertiary/aromatic N) is 3. The molecule has 0 fully saturated rings. The second-order valence-electron chi connectivity index (χ2n) is 4.35. The van der Waals surface area contributed by atoms with Crippen LogP contribution in [0.15, 0.2) is 33.5 Å². The average molecular weight is 338 g/mol. The van der Waals surface area contributed by atoms with Crippen LogP contribution < -0.4 is 5.69 Å². The van der Waals surface area contributed by atoms with Gasteiger partial charge in [-0.25, -0.2) is 4.79 Å². The van der Waals surface area contributed by atoms with Crippen molar-refractivity contribution < 1.29 is 4.92 Å². The fraction of sp³-hybridized carbons (Fsp3) is 0.231. The van der Waals surface area contributed by atoms with Crippen molar-refractivity contribution >= 4 is 21.6 Å². The quantitative estimate of drug-likeness (QED) is 0.637. The smallest absolute Gasteiger partial charge is 0.291 e. The minimum Gasteiger partial charge on any atom is -0.291 e. The van der Waals surface area contributed by atoms with E-state index in [2.05, 4.69) is 20.9 Å². The maximum atomic E-state index is 12.0. The van der Waals surface area contributed by atoms with Crippen LogP contribution in [-0.2, 0) is 6.54 Å². The Morgan fingerprint density at radius 1 is 1.35 bits per heavy atom. The third-order valence-electron chi connectivity index (χ3n) is 3.05. The Labute approximate surface area is 123 Å². The minimum absolute atomic E-state index is 0.00417. The first-order valence-corrected chi connectivity index (χ1v) is 6.67. The van der Waals surface area contributed by atoms with Crippen molar-refractivity contribution in [1.82, 2.24) is 9.55 Å². The van der Waals surface area contributed by atoms with Gasteiger partial charge in [0.05, 0.1) is 21.6 Å². The van der Waals surface area contributed by atoms with Gasteiger partial charge in [-0.05, 0) is 29.8 Å². The number of hydrogen-bond donors (Lipinski definition) is 0. The SMILES string of the molecule is Cc1nc(=O)n(Cc2ccccc2[N+](=O)[O-])c(C)c1Br. The summed E-state index contributed by atoms with van der Waals surface area (Å²) in [6, 6.07) is 6.37. The van der Waals surface area contributed by atoms with Crippen molar-refractivity contribution in [3.05, 3.63) is 66.3 Å². The molecule has 0 saturated heterocycles. The summed E-state index contributed by atoms with van der Waals surface area (Å²) in [5.74, 6) is 0.